The first kappa shape index (κ1) is 53.8. The second-order valence-corrected chi connectivity index (χ2v) is 17.0. The van der Waals surface area contributed by atoms with E-state index in [-0.39, 0.29) is 58.2 Å². The zero-order valence-corrected chi connectivity index (χ0v) is 41.8. The molecule has 0 spiro atoms. The average Bonchev–Trinajstić information content (AvgIpc) is 3.20. The molecular formula is C57H66O3Pd2. The molecule has 6 aliphatic rings. The van der Waals surface area contributed by atoms with Gasteiger partial charge in [0.2, 0.25) is 0 Å². The topological polar surface area (TPSA) is 51.2 Å². The van der Waals surface area contributed by atoms with E-state index >= 15 is 0 Å². The van der Waals surface area contributed by atoms with Gasteiger partial charge in [0.1, 0.15) is 0 Å². The van der Waals surface area contributed by atoms with E-state index in [4.69, 9.17) is 0 Å². The molecule has 0 saturated heterocycles. The van der Waals surface area contributed by atoms with Gasteiger partial charge in [-0.3, -0.25) is 14.4 Å². The van der Waals surface area contributed by atoms with Crippen LogP contribution in [0.25, 0.3) is 0 Å². The summed E-state index contributed by atoms with van der Waals surface area (Å²) in [5.74, 6) is 2.16. The molecule has 0 amide bonds. The Bertz CT molecular complexity index is 1890. The van der Waals surface area contributed by atoms with Crippen molar-refractivity contribution in [2.75, 3.05) is 0 Å². The van der Waals surface area contributed by atoms with Gasteiger partial charge in [0.25, 0.3) is 0 Å². The summed E-state index contributed by atoms with van der Waals surface area (Å²) in [6.45, 7) is 25.4. The van der Waals surface area contributed by atoms with E-state index in [1.54, 1.807) is 36.5 Å². The summed E-state index contributed by atoms with van der Waals surface area (Å²) in [5, 5.41) is 0. The SMILES string of the molecule is CC1=CC=CC(=CC(=O)C=C2C=CC=C(C)C2C)C1C.CC1=CC=CC(=CC(=O)C=C2C=CC=C(C)C2C)C1C.CC1=CC=CC(=CC(=O)C=C2C=CC=C(C)C2C)C1C.[Pd].[Pd]. The molecule has 0 aromatic carbocycles. The van der Waals surface area contributed by atoms with Crippen LogP contribution in [0.4, 0.5) is 0 Å². The van der Waals surface area contributed by atoms with Crippen LogP contribution in [-0.2, 0) is 55.2 Å². The number of hydrogen-bond donors (Lipinski definition) is 0. The van der Waals surface area contributed by atoms with Gasteiger partial charge < -0.3 is 0 Å². The molecule has 0 aliphatic heterocycles. The number of carbonyl (C=O) groups excluding carboxylic acids is 3. The van der Waals surface area contributed by atoms with Crippen molar-refractivity contribution in [2.24, 2.45) is 35.5 Å². The fourth-order valence-electron chi connectivity index (χ4n) is 7.32. The van der Waals surface area contributed by atoms with Gasteiger partial charge in [-0.15, -0.1) is 0 Å². The molecule has 0 fully saturated rings. The van der Waals surface area contributed by atoms with Crippen LogP contribution in [0.1, 0.15) is 83.1 Å². The van der Waals surface area contributed by atoms with Crippen LogP contribution in [-0.4, -0.2) is 17.3 Å². The van der Waals surface area contributed by atoms with Gasteiger partial charge in [0, 0.05) is 76.4 Å². The van der Waals surface area contributed by atoms with Crippen molar-refractivity contribution in [3.63, 3.8) is 0 Å². The summed E-state index contributed by atoms with van der Waals surface area (Å²) in [6.07, 6.45) is 47.4. The fraction of sp³-hybridized carbons (Fsp3) is 0.316. The number of allylic oxidation sites excluding steroid dienone is 36. The third-order valence-electron chi connectivity index (χ3n) is 12.8. The standard InChI is InChI=1S/3C19H22O.2Pd/c3*1-13-7-5-9-17(15(13)3)11-19(20)12-18-10-6-8-14(2)16(18)4;;/h3*5-12,15-16H,1-4H3;;. The van der Waals surface area contributed by atoms with Crippen LogP contribution in [0, 0.1) is 35.5 Å². The third-order valence-corrected chi connectivity index (χ3v) is 12.8. The van der Waals surface area contributed by atoms with Crippen LogP contribution in [0.15, 0.2) is 213 Å². The Morgan fingerprint density at radius 2 is 0.435 bits per heavy atom. The Morgan fingerprint density at radius 1 is 0.306 bits per heavy atom. The minimum atomic E-state index is 0. The Labute approximate surface area is 401 Å². The number of ketones is 3. The van der Waals surface area contributed by atoms with Gasteiger partial charge in [-0.05, 0) is 111 Å². The number of rotatable bonds is 6. The maximum absolute atomic E-state index is 12.2. The summed E-state index contributed by atoms with van der Waals surface area (Å²) >= 11 is 0. The smallest absolute Gasteiger partial charge is 0.179 e. The number of hydrogen-bond acceptors (Lipinski definition) is 3. The molecule has 0 radical (unpaired) electrons. The van der Waals surface area contributed by atoms with Crippen molar-refractivity contribution in [2.45, 2.75) is 83.1 Å². The Balaban J connectivity index is 0.000000315. The predicted octanol–water partition coefficient (Wildman–Crippen LogP) is 14.1. The van der Waals surface area contributed by atoms with Crippen LogP contribution in [0.3, 0.4) is 0 Å². The third kappa shape index (κ3) is 15.5. The van der Waals surface area contributed by atoms with Gasteiger partial charge in [-0.2, -0.15) is 0 Å². The van der Waals surface area contributed by atoms with Crippen molar-refractivity contribution in [1.29, 1.82) is 0 Å². The van der Waals surface area contributed by atoms with Crippen molar-refractivity contribution in [3.8, 4) is 0 Å². The second-order valence-electron chi connectivity index (χ2n) is 17.0. The van der Waals surface area contributed by atoms with Crippen molar-refractivity contribution in [3.05, 3.63) is 213 Å². The maximum Gasteiger partial charge on any atom is 0.179 e. The van der Waals surface area contributed by atoms with Crippen LogP contribution in [0.2, 0.25) is 0 Å². The van der Waals surface area contributed by atoms with Gasteiger partial charge >= 0.3 is 0 Å². The van der Waals surface area contributed by atoms with E-state index in [2.05, 4.69) is 120 Å². The summed E-state index contributed by atoms with van der Waals surface area (Å²) in [5.41, 5.74) is 14.3. The van der Waals surface area contributed by atoms with E-state index in [0.717, 1.165) is 33.4 Å². The van der Waals surface area contributed by atoms with E-state index in [0.29, 0.717) is 35.5 Å². The molecule has 0 bridgehead atoms. The van der Waals surface area contributed by atoms with Crippen LogP contribution >= 0.6 is 0 Å². The second kappa shape index (κ2) is 25.7. The van der Waals surface area contributed by atoms with E-state index < -0.39 is 0 Å². The summed E-state index contributed by atoms with van der Waals surface area (Å²) in [4.78, 5) is 36.7. The van der Waals surface area contributed by atoms with Crippen molar-refractivity contribution in [1.82, 2.24) is 0 Å². The zero-order chi connectivity index (χ0) is 44.1. The molecule has 62 heavy (non-hydrogen) atoms. The molecular weight excluding hydrogens is 945 g/mol. The minimum absolute atomic E-state index is 0. The number of carbonyl (C=O) groups is 3. The van der Waals surface area contributed by atoms with E-state index in [1.165, 1.54) is 33.4 Å². The molecule has 6 atom stereocenters. The van der Waals surface area contributed by atoms with Crippen LogP contribution < -0.4 is 0 Å². The molecule has 6 unspecified atom stereocenters. The molecule has 5 heteroatoms. The normalized spacial score (nSPS) is 28.6. The van der Waals surface area contributed by atoms with E-state index in [1.807, 2.05) is 72.9 Å². The molecule has 0 N–H and O–H groups in total. The first-order valence-corrected chi connectivity index (χ1v) is 21.5. The molecule has 0 aromatic rings. The Kier molecular flexibility index (Phi) is 22.3. The van der Waals surface area contributed by atoms with Crippen LogP contribution in [0.5, 0.6) is 0 Å². The summed E-state index contributed by atoms with van der Waals surface area (Å²) in [6, 6.07) is 0. The Hall–Kier alpha value is -4.35. The molecule has 0 saturated carbocycles. The van der Waals surface area contributed by atoms with Gasteiger partial charge in [-0.25, -0.2) is 0 Å². The van der Waals surface area contributed by atoms with E-state index in [9.17, 15) is 14.4 Å². The van der Waals surface area contributed by atoms with Gasteiger partial charge in [0.05, 0.1) is 0 Å². The quantitative estimate of drug-likeness (QED) is 0.197. The maximum atomic E-state index is 12.2. The fourth-order valence-corrected chi connectivity index (χ4v) is 7.32. The molecule has 3 nitrogen and oxygen atoms in total. The van der Waals surface area contributed by atoms with Gasteiger partial charge in [0.15, 0.2) is 17.3 Å². The molecule has 332 valence electrons. The zero-order valence-electron chi connectivity index (χ0n) is 38.7. The minimum Gasteiger partial charge on any atom is -0.290 e. The first-order chi connectivity index (χ1) is 28.5. The summed E-state index contributed by atoms with van der Waals surface area (Å²) in [7, 11) is 0. The monoisotopic (exact) mass is 1010 g/mol. The predicted molar refractivity (Wildman–Crippen MR) is 256 cm³/mol. The Morgan fingerprint density at radius 3 is 0.565 bits per heavy atom. The molecule has 6 rings (SSSR count). The molecule has 6 aliphatic carbocycles. The van der Waals surface area contributed by atoms with Gasteiger partial charge in [-0.1, -0.05) is 184 Å². The van der Waals surface area contributed by atoms with Crippen molar-refractivity contribution >= 4 is 17.3 Å². The summed E-state index contributed by atoms with van der Waals surface area (Å²) < 4.78 is 0. The first-order valence-electron chi connectivity index (χ1n) is 21.5. The van der Waals surface area contributed by atoms with Crippen molar-refractivity contribution < 1.29 is 55.2 Å². The molecule has 0 heterocycles. The molecule has 0 aromatic heterocycles. The average molecular weight is 1010 g/mol. The largest absolute Gasteiger partial charge is 0.290 e.